The highest BCUT2D eigenvalue weighted by molar-refractivity contribution is 7.13. The number of fused-ring (bicyclic) bond motifs is 2. The Hall–Kier alpha value is -2.29. The van der Waals surface area contributed by atoms with Crippen LogP contribution in [0.15, 0.2) is 41.8 Å². The number of nitrogens with one attached hydrogen (secondary N) is 2. The quantitative estimate of drug-likeness (QED) is 0.659. The molecule has 2 bridgehead atoms. The van der Waals surface area contributed by atoms with E-state index in [0.29, 0.717) is 23.6 Å². The van der Waals surface area contributed by atoms with E-state index in [0.717, 1.165) is 17.7 Å². The molecular formula is C20H21ClFN5OS. The summed E-state index contributed by atoms with van der Waals surface area (Å²) < 4.78 is 14.9. The molecule has 0 saturated carbocycles. The molecule has 9 heteroatoms. The van der Waals surface area contributed by atoms with Crippen molar-refractivity contribution in [2.24, 2.45) is 0 Å². The molecule has 2 fully saturated rings. The molecule has 1 aromatic carbocycles. The van der Waals surface area contributed by atoms with Crippen LogP contribution >= 0.6 is 23.7 Å². The summed E-state index contributed by atoms with van der Waals surface area (Å²) in [5.41, 5.74) is 0.663. The Balaban J connectivity index is 0.00000205. The lowest BCUT2D eigenvalue weighted by Gasteiger charge is -2.29. The number of piperidine rings is 1. The predicted octanol–water partition coefficient (Wildman–Crippen LogP) is 3.57. The molecule has 1 amide bonds. The van der Waals surface area contributed by atoms with Crippen molar-refractivity contribution in [2.45, 2.75) is 43.8 Å². The minimum atomic E-state index is -0.319. The van der Waals surface area contributed by atoms with Crippen LogP contribution in [0.3, 0.4) is 0 Å². The van der Waals surface area contributed by atoms with E-state index < -0.39 is 0 Å². The minimum absolute atomic E-state index is 0. The maximum Gasteiger partial charge on any atom is 0.291 e. The number of carbonyl (C=O) groups excluding carboxylic acids is 1. The van der Waals surface area contributed by atoms with Crippen molar-refractivity contribution in [3.05, 3.63) is 53.4 Å². The second-order valence-electron chi connectivity index (χ2n) is 7.40. The summed E-state index contributed by atoms with van der Waals surface area (Å²) in [6.07, 6.45) is 4.24. The summed E-state index contributed by atoms with van der Waals surface area (Å²) in [6.45, 7) is 0. The average molecular weight is 434 g/mol. The van der Waals surface area contributed by atoms with Gasteiger partial charge in [0.15, 0.2) is 5.82 Å². The molecule has 3 aromatic rings. The summed E-state index contributed by atoms with van der Waals surface area (Å²) >= 11 is 1.52. The highest BCUT2D eigenvalue weighted by Gasteiger charge is 2.34. The molecule has 5 rings (SSSR count). The van der Waals surface area contributed by atoms with Crippen molar-refractivity contribution in [3.63, 3.8) is 0 Å². The van der Waals surface area contributed by atoms with E-state index in [1.165, 1.54) is 36.3 Å². The van der Waals surface area contributed by atoms with Gasteiger partial charge < -0.3 is 10.6 Å². The number of nitrogens with zero attached hydrogens (tertiary/aromatic N) is 3. The van der Waals surface area contributed by atoms with Crippen LogP contribution in [0.5, 0.6) is 0 Å². The van der Waals surface area contributed by atoms with Crippen LogP contribution in [-0.2, 0) is 0 Å². The maximum atomic E-state index is 13.3. The standard InChI is InChI=1S/C20H20FN5OS.ClH/c21-12-3-7-16(8-4-12)26-19(17-2-1-9-28-17)24-18(25-26)20(27)23-15-10-13-5-6-14(11-15)22-13;/h1-4,7-9,13-15,22H,5-6,10-11H2,(H,23,27);1H. The lowest BCUT2D eigenvalue weighted by atomic mass is 10.00. The molecule has 0 radical (unpaired) electrons. The number of benzene rings is 1. The minimum Gasteiger partial charge on any atom is -0.346 e. The zero-order valence-electron chi connectivity index (χ0n) is 15.5. The molecule has 2 atom stereocenters. The highest BCUT2D eigenvalue weighted by Crippen LogP contribution is 2.28. The average Bonchev–Trinajstić information content (AvgIpc) is 3.42. The van der Waals surface area contributed by atoms with Gasteiger partial charge in [-0.25, -0.2) is 14.1 Å². The van der Waals surface area contributed by atoms with Gasteiger partial charge in [-0.15, -0.1) is 28.8 Å². The summed E-state index contributed by atoms with van der Waals surface area (Å²) in [7, 11) is 0. The van der Waals surface area contributed by atoms with Crippen LogP contribution in [-0.4, -0.2) is 38.8 Å². The number of aromatic nitrogens is 3. The van der Waals surface area contributed by atoms with Gasteiger partial charge >= 0.3 is 0 Å². The first kappa shape index (κ1) is 20.0. The van der Waals surface area contributed by atoms with Gasteiger partial charge in [0.05, 0.1) is 10.6 Å². The van der Waals surface area contributed by atoms with Crippen LogP contribution in [0.2, 0.25) is 0 Å². The first-order valence-corrected chi connectivity index (χ1v) is 10.4. The fourth-order valence-electron chi connectivity index (χ4n) is 4.16. The van der Waals surface area contributed by atoms with Gasteiger partial charge in [0.25, 0.3) is 5.91 Å². The fraction of sp³-hybridized carbons (Fsp3) is 0.350. The number of hydrogen-bond acceptors (Lipinski definition) is 5. The lowest BCUT2D eigenvalue weighted by Crippen LogP contribution is -2.48. The molecule has 2 N–H and O–H groups in total. The number of carbonyl (C=O) groups is 1. The highest BCUT2D eigenvalue weighted by atomic mass is 35.5. The number of rotatable bonds is 4. The van der Waals surface area contributed by atoms with Gasteiger partial charge in [0, 0.05) is 18.1 Å². The number of hydrogen-bond donors (Lipinski definition) is 2. The van der Waals surface area contributed by atoms with Gasteiger partial charge in [-0.1, -0.05) is 6.07 Å². The molecular weight excluding hydrogens is 413 g/mol. The molecule has 2 aliphatic heterocycles. The Morgan fingerprint density at radius 2 is 1.90 bits per heavy atom. The third kappa shape index (κ3) is 4.05. The SMILES string of the molecule is Cl.O=C(NC1CC2CCC(C1)N2)c1nc(-c2cccs2)n(-c2ccc(F)cc2)n1. The van der Waals surface area contributed by atoms with E-state index >= 15 is 0 Å². The Morgan fingerprint density at radius 1 is 1.17 bits per heavy atom. The molecule has 4 heterocycles. The molecule has 2 saturated heterocycles. The van der Waals surface area contributed by atoms with Crippen molar-refractivity contribution in [1.29, 1.82) is 0 Å². The third-order valence-electron chi connectivity index (χ3n) is 5.43. The zero-order valence-corrected chi connectivity index (χ0v) is 17.2. The van der Waals surface area contributed by atoms with E-state index in [1.54, 1.807) is 16.8 Å². The molecule has 6 nitrogen and oxygen atoms in total. The van der Waals surface area contributed by atoms with Crippen LogP contribution in [0.1, 0.15) is 36.3 Å². The maximum absolute atomic E-state index is 13.3. The molecule has 2 aromatic heterocycles. The van der Waals surface area contributed by atoms with Crippen molar-refractivity contribution in [2.75, 3.05) is 0 Å². The third-order valence-corrected chi connectivity index (χ3v) is 6.30. The Kier molecular flexibility index (Phi) is 5.67. The van der Waals surface area contributed by atoms with Crippen LogP contribution in [0, 0.1) is 5.82 Å². The van der Waals surface area contributed by atoms with E-state index in [1.807, 2.05) is 17.5 Å². The summed E-state index contributed by atoms with van der Waals surface area (Å²) in [5, 5.41) is 13.1. The number of amides is 1. The Bertz CT molecular complexity index is 979. The normalized spacial score (nSPS) is 22.9. The van der Waals surface area contributed by atoms with Crippen LogP contribution in [0.4, 0.5) is 4.39 Å². The molecule has 152 valence electrons. The van der Waals surface area contributed by atoms with Crippen molar-refractivity contribution in [3.8, 4) is 16.4 Å². The van der Waals surface area contributed by atoms with Gasteiger partial charge in [0.1, 0.15) is 5.82 Å². The fourth-order valence-corrected chi connectivity index (χ4v) is 4.86. The van der Waals surface area contributed by atoms with Gasteiger partial charge in [-0.2, -0.15) is 0 Å². The summed E-state index contributed by atoms with van der Waals surface area (Å²) in [4.78, 5) is 18.3. The van der Waals surface area contributed by atoms with E-state index in [4.69, 9.17) is 0 Å². The molecule has 0 aliphatic carbocycles. The van der Waals surface area contributed by atoms with E-state index in [-0.39, 0.29) is 36.0 Å². The van der Waals surface area contributed by atoms with E-state index in [9.17, 15) is 9.18 Å². The van der Waals surface area contributed by atoms with Gasteiger partial charge in [-0.05, 0) is 61.4 Å². The number of thiophene rings is 1. The first-order chi connectivity index (χ1) is 13.7. The smallest absolute Gasteiger partial charge is 0.291 e. The first-order valence-electron chi connectivity index (χ1n) is 9.49. The predicted molar refractivity (Wildman–Crippen MR) is 112 cm³/mol. The van der Waals surface area contributed by atoms with Gasteiger partial charge in [0.2, 0.25) is 5.82 Å². The monoisotopic (exact) mass is 433 g/mol. The Labute approximate surface area is 178 Å². The van der Waals surface area contributed by atoms with Crippen molar-refractivity contribution in [1.82, 2.24) is 25.4 Å². The summed E-state index contributed by atoms with van der Waals surface area (Å²) in [5.74, 6) is 0.140. The topological polar surface area (TPSA) is 71.8 Å². The second-order valence-corrected chi connectivity index (χ2v) is 8.35. The number of halogens is 2. The zero-order chi connectivity index (χ0) is 19.1. The molecule has 0 spiro atoms. The summed E-state index contributed by atoms with van der Waals surface area (Å²) in [6, 6.07) is 11.0. The molecule has 2 unspecified atom stereocenters. The van der Waals surface area contributed by atoms with Crippen LogP contribution < -0.4 is 10.6 Å². The van der Waals surface area contributed by atoms with Crippen LogP contribution in [0.25, 0.3) is 16.4 Å². The van der Waals surface area contributed by atoms with Crippen molar-refractivity contribution >= 4 is 29.7 Å². The molecule has 29 heavy (non-hydrogen) atoms. The van der Waals surface area contributed by atoms with Crippen molar-refractivity contribution < 1.29 is 9.18 Å². The molecule has 2 aliphatic rings. The van der Waals surface area contributed by atoms with Gasteiger partial charge in [-0.3, -0.25) is 4.79 Å². The second kappa shape index (κ2) is 8.22. The lowest BCUT2D eigenvalue weighted by molar-refractivity contribution is 0.0913. The largest absolute Gasteiger partial charge is 0.346 e. The Morgan fingerprint density at radius 3 is 2.55 bits per heavy atom. The van der Waals surface area contributed by atoms with E-state index in [2.05, 4.69) is 20.7 Å².